The van der Waals surface area contributed by atoms with Gasteiger partial charge < -0.3 is 14.8 Å². The third kappa shape index (κ3) is 6.18. The van der Waals surface area contributed by atoms with E-state index in [4.69, 9.17) is 9.47 Å². The van der Waals surface area contributed by atoms with Crippen LogP contribution >= 0.6 is 0 Å². The molecule has 0 radical (unpaired) electrons. The SMILES string of the molecule is COc1ccc(OC)c(N(CC(=O)N[C@H](C)c2ccc(C(C)(C)C)cc2)S(=O)(=O)c2ccccc2)c1. The molecule has 0 aliphatic rings. The number of rotatable bonds is 9. The van der Waals surface area contributed by atoms with Crippen molar-refractivity contribution in [3.8, 4) is 11.5 Å². The van der Waals surface area contributed by atoms with Gasteiger partial charge in [0.25, 0.3) is 10.0 Å². The van der Waals surface area contributed by atoms with Crippen LogP contribution < -0.4 is 19.1 Å². The molecule has 0 heterocycles. The lowest BCUT2D eigenvalue weighted by Crippen LogP contribution is -2.41. The van der Waals surface area contributed by atoms with E-state index in [2.05, 4.69) is 26.1 Å². The smallest absolute Gasteiger partial charge is 0.264 e. The molecular weight excluding hydrogens is 476 g/mol. The van der Waals surface area contributed by atoms with Crippen LogP contribution in [0.5, 0.6) is 11.5 Å². The number of benzene rings is 3. The minimum absolute atomic E-state index is 0.0209. The van der Waals surface area contributed by atoms with Crippen molar-refractivity contribution >= 4 is 21.6 Å². The Morgan fingerprint density at radius 2 is 1.58 bits per heavy atom. The number of anilines is 1. The fourth-order valence-electron chi connectivity index (χ4n) is 3.78. The summed E-state index contributed by atoms with van der Waals surface area (Å²) in [6.07, 6.45) is 0. The first-order valence-electron chi connectivity index (χ1n) is 11.7. The molecule has 7 nitrogen and oxygen atoms in total. The van der Waals surface area contributed by atoms with Gasteiger partial charge in [-0.25, -0.2) is 8.42 Å². The zero-order valence-corrected chi connectivity index (χ0v) is 22.4. The lowest BCUT2D eigenvalue weighted by Gasteiger charge is -2.27. The highest BCUT2D eigenvalue weighted by atomic mass is 32.2. The van der Waals surface area contributed by atoms with E-state index in [9.17, 15) is 13.2 Å². The maximum absolute atomic E-state index is 13.7. The van der Waals surface area contributed by atoms with E-state index in [0.29, 0.717) is 11.5 Å². The highest BCUT2D eigenvalue weighted by Crippen LogP contribution is 2.35. The quantitative estimate of drug-likeness (QED) is 0.434. The summed E-state index contributed by atoms with van der Waals surface area (Å²) in [6, 6.07) is 20.5. The van der Waals surface area contributed by atoms with E-state index < -0.39 is 22.5 Å². The molecule has 0 aliphatic heterocycles. The summed E-state index contributed by atoms with van der Waals surface area (Å²) in [4.78, 5) is 13.2. The van der Waals surface area contributed by atoms with Crippen molar-refractivity contribution in [3.63, 3.8) is 0 Å². The van der Waals surface area contributed by atoms with E-state index in [1.165, 1.54) is 31.9 Å². The molecule has 0 bridgehead atoms. The summed E-state index contributed by atoms with van der Waals surface area (Å²) in [7, 11) is -1.16. The molecule has 0 aromatic heterocycles. The van der Waals surface area contributed by atoms with Gasteiger partial charge in [-0.2, -0.15) is 0 Å². The van der Waals surface area contributed by atoms with Crippen molar-refractivity contribution < 1.29 is 22.7 Å². The van der Waals surface area contributed by atoms with Crippen LogP contribution in [-0.2, 0) is 20.2 Å². The average molecular weight is 511 g/mol. The van der Waals surface area contributed by atoms with E-state index in [-0.39, 0.29) is 22.0 Å². The molecule has 3 aromatic carbocycles. The Hall–Kier alpha value is -3.52. The molecule has 3 aromatic rings. The molecule has 36 heavy (non-hydrogen) atoms. The summed E-state index contributed by atoms with van der Waals surface area (Å²) >= 11 is 0. The van der Waals surface area contributed by atoms with Crippen LogP contribution in [0.3, 0.4) is 0 Å². The summed E-state index contributed by atoms with van der Waals surface area (Å²) in [5, 5.41) is 2.93. The number of methoxy groups -OCH3 is 2. The molecule has 192 valence electrons. The Morgan fingerprint density at radius 1 is 0.944 bits per heavy atom. The Balaban J connectivity index is 1.93. The van der Waals surface area contributed by atoms with Crippen LogP contribution in [0, 0.1) is 0 Å². The molecule has 0 spiro atoms. The monoisotopic (exact) mass is 510 g/mol. The van der Waals surface area contributed by atoms with E-state index >= 15 is 0 Å². The lowest BCUT2D eigenvalue weighted by atomic mass is 9.86. The van der Waals surface area contributed by atoms with Crippen molar-refractivity contribution in [2.24, 2.45) is 0 Å². The third-order valence-electron chi connectivity index (χ3n) is 5.93. The number of hydrogen-bond donors (Lipinski definition) is 1. The fourth-order valence-corrected chi connectivity index (χ4v) is 5.23. The number of sulfonamides is 1. The highest BCUT2D eigenvalue weighted by Gasteiger charge is 2.30. The van der Waals surface area contributed by atoms with Gasteiger partial charge in [0.2, 0.25) is 5.91 Å². The number of amides is 1. The summed E-state index contributed by atoms with van der Waals surface area (Å²) in [5.41, 5.74) is 2.34. The van der Waals surface area contributed by atoms with Gasteiger partial charge in [-0.05, 0) is 47.7 Å². The number of carbonyl (C=O) groups excluding carboxylic acids is 1. The van der Waals surface area contributed by atoms with Gasteiger partial charge in [-0.15, -0.1) is 0 Å². The van der Waals surface area contributed by atoms with Crippen LogP contribution in [-0.4, -0.2) is 35.1 Å². The Labute approximate surface area is 214 Å². The van der Waals surface area contributed by atoms with Gasteiger partial charge >= 0.3 is 0 Å². The molecule has 3 rings (SSSR count). The van der Waals surface area contributed by atoms with Gasteiger partial charge in [-0.3, -0.25) is 9.10 Å². The van der Waals surface area contributed by atoms with Gasteiger partial charge in [0, 0.05) is 6.07 Å². The first kappa shape index (κ1) is 27.1. The molecule has 0 saturated heterocycles. The Morgan fingerprint density at radius 3 is 2.14 bits per heavy atom. The number of carbonyl (C=O) groups is 1. The predicted octanol–water partition coefficient (Wildman–Crippen LogP) is 5.07. The van der Waals surface area contributed by atoms with Crippen LogP contribution in [0.15, 0.2) is 77.7 Å². The molecule has 8 heteroatoms. The molecule has 0 aliphatic carbocycles. The first-order valence-corrected chi connectivity index (χ1v) is 13.1. The topological polar surface area (TPSA) is 84.9 Å². The standard InChI is InChI=1S/C28H34N2O5S/c1-20(21-12-14-22(15-13-21)28(2,3)4)29-27(31)19-30(36(32,33)24-10-8-7-9-11-24)25-18-23(34-5)16-17-26(25)35-6/h7-18,20H,19H2,1-6H3,(H,29,31)/t20-/m1/s1. The zero-order valence-electron chi connectivity index (χ0n) is 21.6. The van der Waals surface area contributed by atoms with E-state index in [1.54, 1.807) is 36.4 Å². The number of hydrogen-bond acceptors (Lipinski definition) is 5. The maximum Gasteiger partial charge on any atom is 0.264 e. The van der Waals surface area contributed by atoms with Gasteiger partial charge in [0.05, 0.1) is 30.8 Å². The number of nitrogens with zero attached hydrogens (tertiary/aromatic N) is 1. The second-order valence-electron chi connectivity index (χ2n) is 9.52. The number of nitrogens with one attached hydrogen (secondary N) is 1. The summed E-state index contributed by atoms with van der Waals surface area (Å²) in [6.45, 7) is 7.85. The van der Waals surface area contributed by atoms with Crippen molar-refractivity contribution in [1.82, 2.24) is 5.32 Å². The number of ether oxygens (including phenoxy) is 2. The molecular formula is C28H34N2O5S. The van der Waals surface area contributed by atoms with E-state index in [0.717, 1.165) is 9.87 Å². The molecule has 1 atom stereocenters. The van der Waals surface area contributed by atoms with Crippen LogP contribution in [0.2, 0.25) is 0 Å². The van der Waals surface area contributed by atoms with E-state index in [1.807, 2.05) is 31.2 Å². The van der Waals surface area contributed by atoms with Crippen molar-refractivity contribution in [2.75, 3.05) is 25.1 Å². The van der Waals surface area contributed by atoms with Crippen molar-refractivity contribution in [3.05, 3.63) is 83.9 Å². The lowest BCUT2D eigenvalue weighted by molar-refractivity contribution is -0.120. The summed E-state index contributed by atoms with van der Waals surface area (Å²) in [5.74, 6) is 0.285. The molecule has 1 N–H and O–H groups in total. The Kier molecular flexibility index (Phi) is 8.30. The Bertz CT molecular complexity index is 1280. The maximum atomic E-state index is 13.7. The summed E-state index contributed by atoms with van der Waals surface area (Å²) < 4.78 is 39.1. The second-order valence-corrected chi connectivity index (χ2v) is 11.4. The minimum atomic E-state index is -4.09. The predicted molar refractivity (Wildman–Crippen MR) is 142 cm³/mol. The van der Waals surface area contributed by atoms with Crippen molar-refractivity contribution in [1.29, 1.82) is 0 Å². The molecule has 0 unspecified atom stereocenters. The first-order chi connectivity index (χ1) is 17.0. The molecule has 1 amide bonds. The van der Waals surface area contributed by atoms with Crippen LogP contribution in [0.25, 0.3) is 0 Å². The van der Waals surface area contributed by atoms with Gasteiger partial charge in [-0.1, -0.05) is 63.2 Å². The minimum Gasteiger partial charge on any atom is -0.497 e. The second kappa shape index (κ2) is 11.0. The molecule has 0 fully saturated rings. The normalized spacial score (nSPS) is 12.5. The third-order valence-corrected chi connectivity index (χ3v) is 7.70. The highest BCUT2D eigenvalue weighted by molar-refractivity contribution is 7.92. The van der Waals surface area contributed by atoms with Gasteiger partial charge in [0.15, 0.2) is 0 Å². The van der Waals surface area contributed by atoms with Crippen molar-refractivity contribution in [2.45, 2.75) is 44.0 Å². The van der Waals surface area contributed by atoms with Gasteiger partial charge in [0.1, 0.15) is 18.0 Å². The molecule has 0 saturated carbocycles. The zero-order chi connectivity index (χ0) is 26.5. The van der Waals surface area contributed by atoms with Crippen LogP contribution in [0.1, 0.15) is 44.9 Å². The average Bonchev–Trinajstić information content (AvgIpc) is 2.86. The van der Waals surface area contributed by atoms with Crippen LogP contribution in [0.4, 0.5) is 5.69 Å². The fraction of sp³-hybridized carbons (Fsp3) is 0.321. The largest absolute Gasteiger partial charge is 0.497 e.